The maximum Gasteiger partial charge on any atom is 0.0701 e. The van der Waals surface area contributed by atoms with Crippen molar-refractivity contribution in [3.63, 3.8) is 0 Å². The third kappa shape index (κ3) is 1.99. The minimum absolute atomic E-state index is 0.0247. The quantitative estimate of drug-likeness (QED) is 0.764. The molecule has 4 fully saturated rings. The molecule has 22 heavy (non-hydrogen) atoms. The predicted octanol–water partition coefficient (Wildman–Crippen LogP) is 4.14. The first kappa shape index (κ1) is 15.4. The summed E-state index contributed by atoms with van der Waals surface area (Å²) in [5.74, 6) is 4.17. The molecule has 0 saturated heterocycles. The third-order valence-corrected chi connectivity index (χ3v) is 8.83. The molecule has 0 bridgehead atoms. The van der Waals surface area contributed by atoms with E-state index in [1.165, 1.54) is 38.5 Å². The van der Waals surface area contributed by atoms with Gasteiger partial charge in [0, 0.05) is 0 Å². The topological polar surface area (TPSA) is 40.5 Å². The molecule has 2 N–H and O–H groups in total. The molecule has 0 aromatic heterocycles. The zero-order valence-corrected chi connectivity index (χ0v) is 14.4. The van der Waals surface area contributed by atoms with Crippen LogP contribution in [-0.2, 0) is 0 Å². The molecule has 4 aliphatic rings. The van der Waals surface area contributed by atoms with Crippen LogP contribution in [0.3, 0.4) is 0 Å². The van der Waals surface area contributed by atoms with Crippen molar-refractivity contribution in [3.8, 4) is 0 Å². The molecular formula is C20H34O2. The van der Waals surface area contributed by atoms with Crippen LogP contribution < -0.4 is 0 Å². The summed E-state index contributed by atoms with van der Waals surface area (Å²) in [4.78, 5) is 0. The van der Waals surface area contributed by atoms with E-state index in [-0.39, 0.29) is 11.5 Å². The Hall–Kier alpha value is -0.0800. The van der Waals surface area contributed by atoms with Gasteiger partial charge in [0.2, 0.25) is 0 Å². The Bertz CT molecular complexity index is 435. The van der Waals surface area contributed by atoms with Crippen molar-refractivity contribution >= 4 is 0 Å². The van der Waals surface area contributed by atoms with Gasteiger partial charge in [-0.25, -0.2) is 0 Å². The molecule has 2 heteroatoms. The van der Waals surface area contributed by atoms with Gasteiger partial charge in [0.25, 0.3) is 0 Å². The van der Waals surface area contributed by atoms with Crippen molar-refractivity contribution in [3.05, 3.63) is 0 Å². The first-order chi connectivity index (χ1) is 10.5. The summed E-state index contributed by atoms with van der Waals surface area (Å²) in [6.07, 6.45) is 11.8. The molecule has 0 aromatic rings. The SMILES string of the molecule is CC[C@@]1(O)CC[C@@H]2[C@H]3CC[C@H]4C[C@H](O)CC[C@H]4[C@@H]3CC[C@]21C. The van der Waals surface area contributed by atoms with Crippen LogP contribution in [0.2, 0.25) is 0 Å². The lowest BCUT2D eigenvalue weighted by Crippen LogP contribution is -2.53. The van der Waals surface area contributed by atoms with Crippen LogP contribution in [0.5, 0.6) is 0 Å². The Kier molecular flexibility index (Phi) is 3.66. The standard InChI is InChI=1S/C20H34O2/c1-3-20(22)11-9-18-17-6-4-13-12-14(21)5-7-15(13)16(17)8-10-19(18,20)2/h13-18,21-22H,3-12H2,1-2H3/t13-,14+,15+,16-,17-,18+,19+,20+/m0/s1. The Morgan fingerprint density at radius 3 is 2.45 bits per heavy atom. The van der Waals surface area contributed by atoms with Gasteiger partial charge in [-0.05, 0) is 99.2 Å². The highest BCUT2D eigenvalue weighted by Crippen LogP contribution is 2.65. The monoisotopic (exact) mass is 306 g/mol. The fourth-order valence-electron chi connectivity index (χ4n) is 7.52. The third-order valence-electron chi connectivity index (χ3n) is 8.83. The summed E-state index contributed by atoms with van der Waals surface area (Å²) >= 11 is 0. The van der Waals surface area contributed by atoms with E-state index in [1.54, 1.807) is 0 Å². The second kappa shape index (κ2) is 5.21. The van der Waals surface area contributed by atoms with Crippen molar-refractivity contribution in [2.24, 2.45) is 35.0 Å². The van der Waals surface area contributed by atoms with Gasteiger partial charge in [0.15, 0.2) is 0 Å². The van der Waals surface area contributed by atoms with E-state index in [0.29, 0.717) is 0 Å². The van der Waals surface area contributed by atoms with Crippen LogP contribution in [-0.4, -0.2) is 21.9 Å². The molecular weight excluding hydrogens is 272 g/mol. The van der Waals surface area contributed by atoms with Crippen molar-refractivity contribution in [1.82, 2.24) is 0 Å². The highest BCUT2D eigenvalue weighted by Gasteiger charge is 2.61. The molecule has 4 saturated carbocycles. The second-order valence-corrected chi connectivity index (χ2v) is 9.28. The van der Waals surface area contributed by atoms with Gasteiger partial charge < -0.3 is 10.2 Å². The molecule has 8 atom stereocenters. The summed E-state index contributed by atoms with van der Waals surface area (Å²) in [6, 6.07) is 0. The fourth-order valence-corrected chi connectivity index (χ4v) is 7.52. The molecule has 4 rings (SSSR count). The zero-order chi connectivity index (χ0) is 15.5. The molecule has 0 aliphatic heterocycles. The maximum atomic E-state index is 11.2. The lowest BCUT2D eigenvalue weighted by atomic mass is 9.49. The average molecular weight is 306 g/mol. The van der Waals surface area contributed by atoms with Crippen LogP contribution in [0.15, 0.2) is 0 Å². The molecule has 126 valence electrons. The lowest BCUT2D eigenvalue weighted by molar-refractivity contribution is -0.134. The van der Waals surface area contributed by atoms with Gasteiger partial charge >= 0.3 is 0 Å². The first-order valence-corrected chi connectivity index (χ1v) is 9.89. The van der Waals surface area contributed by atoms with Gasteiger partial charge in [0.05, 0.1) is 11.7 Å². The Balaban J connectivity index is 1.58. The largest absolute Gasteiger partial charge is 0.393 e. The number of rotatable bonds is 1. The van der Waals surface area contributed by atoms with Crippen molar-refractivity contribution in [2.75, 3.05) is 0 Å². The minimum Gasteiger partial charge on any atom is -0.393 e. The normalized spacial score (nSPS) is 57.8. The zero-order valence-electron chi connectivity index (χ0n) is 14.4. The molecule has 0 spiro atoms. The number of aliphatic hydroxyl groups excluding tert-OH is 1. The number of aliphatic hydroxyl groups is 2. The maximum absolute atomic E-state index is 11.2. The highest BCUT2D eigenvalue weighted by molar-refractivity contribution is 5.11. The van der Waals surface area contributed by atoms with Gasteiger partial charge in [-0.15, -0.1) is 0 Å². The van der Waals surface area contributed by atoms with E-state index in [4.69, 9.17) is 0 Å². The molecule has 0 unspecified atom stereocenters. The van der Waals surface area contributed by atoms with Crippen LogP contribution >= 0.6 is 0 Å². The average Bonchev–Trinajstić information content (AvgIpc) is 2.79. The highest BCUT2D eigenvalue weighted by atomic mass is 16.3. The predicted molar refractivity (Wildman–Crippen MR) is 88.4 cm³/mol. The molecule has 2 nitrogen and oxygen atoms in total. The van der Waals surface area contributed by atoms with Gasteiger partial charge in [-0.2, -0.15) is 0 Å². The van der Waals surface area contributed by atoms with Gasteiger partial charge in [-0.1, -0.05) is 13.8 Å². The van der Waals surface area contributed by atoms with E-state index < -0.39 is 5.60 Å². The summed E-state index contributed by atoms with van der Waals surface area (Å²) in [7, 11) is 0. The Morgan fingerprint density at radius 1 is 0.909 bits per heavy atom. The molecule has 0 aromatic carbocycles. The minimum atomic E-state index is -0.401. The molecule has 0 radical (unpaired) electrons. The lowest BCUT2D eigenvalue weighted by Gasteiger charge is -2.57. The van der Waals surface area contributed by atoms with Gasteiger partial charge in [0.1, 0.15) is 0 Å². The fraction of sp³-hybridized carbons (Fsp3) is 1.00. The van der Waals surface area contributed by atoms with Crippen molar-refractivity contribution < 1.29 is 10.2 Å². The van der Waals surface area contributed by atoms with E-state index in [9.17, 15) is 10.2 Å². The van der Waals surface area contributed by atoms with Crippen molar-refractivity contribution in [1.29, 1.82) is 0 Å². The summed E-state index contributed by atoms with van der Waals surface area (Å²) in [5, 5.41) is 21.2. The Labute approximate surface area is 135 Å². The van der Waals surface area contributed by atoms with Crippen LogP contribution in [0.25, 0.3) is 0 Å². The molecule has 0 amide bonds. The van der Waals surface area contributed by atoms with Gasteiger partial charge in [-0.3, -0.25) is 0 Å². The van der Waals surface area contributed by atoms with E-state index >= 15 is 0 Å². The number of hydrogen-bond donors (Lipinski definition) is 2. The van der Waals surface area contributed by atoms with E-state index in [1.807, 2.05) is 0 Å². The van der Waals surface area contributed by atoms with E-state index in [2.05, 4.69) is 13.8 Å². The van der Waals surface area contributed by atoms with E-state index in [0.717, 1.165) is 55.3 Å². The van der Waals surface area contributed by atoms with Crippen molar-refractivity contribution in [2.45, 2.75) is 89.8 Å². The van der Waals surface area contributed by atoms with Crippen LogP contribution in [0.4, 0.5) is 0 Å². The first-order valence-electron chi connectivity index (χ1n) is 9.89. The van der Waals surface area contributed by atoms with Crippen LogP contribution in [0.1, 0.15) is 78.1 Å². The summed E-state index contributed by atoms with van der Waals surface area (Å²) in [5.41, 5.74) is -0.230. The molecule has 4 aliphatic carbocycles. The number of fused-ring (bicyclic) bond motifs is 5. The molecule has 0 heterocycles. The van der Waals surface area contributed by atoms with Crippen LogP contribution in [0, 0.1) is 35.0 Å². The summed E-state index contributed by atoms with van der Waals surface area (Å²) < 4.78 is 0. The second-order valence-electron chi connectivity index (χ2n) is 9.28. The summed E-state index contributed by atoms with van der Waals surface area (Å²) in [6.45, 7) is 4.58. The number of hydrogen-bond acceptors (Lipinski definition) is 2. The smallest absolute Gasteiger partial charge is 0.0701 e. The Morgan fingerprint density at radius 2 is 1.68 bits per heavy atom.